The number of carbonyl (C=O) groups excluding carboxylic acids is 1. The van der Waals surface area contributed by atoms with E-state index in [0.717, 1.165) is 17.9 Å². The maximum atomic E-state index is 13.2. The van der Waals surface area contributed by atoms with Gasteiger partial charge in [-0.3, -0.25) is 9.69 Å². The number of carbonyl (C=O) groups is 2. The van der Waals surface area contributed by atoms with Crippen molar-refractivity contribution in [2.75, 3.05) is 0 Å². The molecule has 0 atom stereocenters. The van der Waals surface area contributed by atoms with Gasteiger partial charge < -0.3 is 9.52 Å². The molecular formula is C21H21NO4S2. The molecule has 7 heteroatoms. The second-order valence-corrected chi connectivity index (χ2v) is 10.1. The van der Waals surface area contributed by atoms with E-state index in [2.05, 4.69) is 0 Å². The molecule has 2 heterocycles. The molecule has 4 saturated carbocycles. The van der Waals surface area contributed by atoms with E-state index in [4.69, 9.17) is 21.7 Å². The fraction of sp³-hybridized carbons (Fsp3) is 0.476. The molecule has 1 saturated heterocycles. The third-order valence-corrected chi connectivity index (χ3v) is 7.94. The van der Waals surface area contributed by atoms with Crippen LogP contribution in [0.4, 0.5) is 0 Å². The first kappa shape index (κ1) is 18.2. The summed E-state index contributed by atoms with van der Waals surface area (Å²) in [5.41, 5.74) is 0. The van der Waals surface area contributed by atoms with Gasteiger partial charge in [-0.05, 0) is 74.0 Å². The Hall–Kier alpha value is -1.86. The summed E-state index contributed by atoms with van der Waals surface area (Å²) in [6.07, 6.45) is 10.5. The van der Waals surface area contributed by atoms with Crippen molar-refractivity contribution >= 4 is 52.3 Å². The van der Waals surface area contributed by atoms with Gasteiger partial charge in [-0.15, -0.1) is 0 Å². The summed E-state index contributed by atoms with van der Waals surface area (Å²) in [5, 5.41) is 8.71. The molecule has 0 spiro atoms. The Bertz CT molecular complexity index is 887. The van der Waals surface area contributed by atoms with Crippen LogP contribution in [0.5, 0.6) is 0 Å². The molecule has 0 aromatic carbocycles. The van der Waals surface area contributed by atoms with Crippen molar-refractivity contribution in [2.24, 2.45) is 23.7 Å². The quantitative estimate of drug-likeness (QED) is 0.580. The summed E-state index contributed by atoms with van der Waals surface area (Å²) in [6.45, 7) is 0. The SMILES string of the molecule is O=C(O)C=Cc1ccc(C=C2SC(=S)N(C3C4CC5CC(C4)CC3C5)C2=O)o1. The van der Waals surface area contributed by atoms with Crippen molar-refractivity contribution in [3.63, 3.8) is 0 Å². The molecule has 6 rings (SSSR count). The Morgan fingerprint density at radius 1 is 1.14 bits per heavy atom. The fourth-order valence-corrected chi connectivity index (χ4v) is 7.20. The Morgan fingerprint density at radius 3 is 2.43 bits per heavy atom. The van der Waals surface area contributed by atoms with Crippen molar-refractivity contribution in [3.8, 4) is 0 Å². The third-order valence-electron chi connectivity index (χ3n) is 6.61. The second-order valence-electron chi connectivity index (χ2n) is 8.38. The number of rotatable bonds is 4. The highest BCUT2D eigenvalue weighted by molar-refractivity contribution is 8.26. The van der Waals surface area contributed by atoms with Gasteiger partial charge in [0.05, 0.1) is 4.91 Å². The largest absolute Gasteiger partial charge is 0.478 e. The van der Waals surface area contributed by atoms with E-state index in [1.165, 1.54) is 49.9 Å². The van der Waals surface area contributed by atoms with E-state index in [0.29, 0.717) is 32.6 Å². The number of furan rings is 1. The minimum Gasteiger partial charge on any atom is -0.478 e. The molecule has 0 radical (unpaired) electrons. The van der Waals surface area contributed by atoms with Crippen LogP contribution in [0.3, 0.4) is 0 Å². The van der Waals surface area contributed by atoms with E-state index in [1.807, 2.05) is 4.90 Å². The van der Waals surface area contributed by atoms with Gasteiger partial charge in [0.2, 0.25) is 0 Å². The highest BCUT2D eigenvalue weighted by Gasteiger charge is 2.53. The molecule has 146 valence electrons. The van der Waals surface area contributed by atoms with E-state index in [-0.39, 0.29) is 11.9 Å². The van der Waals surface area contributed by atoms with Crippen molar-refractivity contribution < 1.29 is 19.1 Å². The van der Waals surface area contributed by atoms with Crippen LogP contribution in [0.15, 0.2) is 27.5 Å². The molecular weight excluding hydrogens is 394 g/mol. The molecule has 4 bridgehead atoms. The van der Waals surface area contributed by atoms with Gasteiger partial charge >= 0.3 is 5.97 Å². The van der Waals surface area contributed by atoms with Crippen molar-refractivity contribution in [1.82, 2.24) is 4.90 Å². The topological polar surface area (TPSA) is 70.8 Å². The van der Waals surface area contributed by atoms with Gasteiger partial charge in [-0.2, -0.15) is 0 Å². The average molecular weight is 416 g/mol. The zero-order chi connectivity index (χ0) is 19.4. The summed E-state index contributed by atoms with van der Waals surface area (Å²) < 4.78 is 6.26. The lowest BCUT2D eigenvalue weighted by atomic mass is 9.54. The molecule has 5 aliphatic rings. The predicted molar refractivity (Wildman–Crippen MR) is 111 cm³/mol. The van der Waals surface area contributed by atoms with E-state index >= 15 is 0 Å². The van der Waals surface area contributed by atoms with Gasteiger partial charge in [-0.25, -0.2) is 4.79 Å². The number of hydrogen-bond donors (Lipinski definition) is 1. The first-order valence-corrected chi connectivity index (χ1v) is 11.0. The maximum absolute atomic E-state index is 13.2. The molecule has 5 nitrogen and oxygen atoms in total. The Balaban J connectivity index is 1.36. The monoisotopic (exact) mass is 415 g/mol. The van der Waals surface area contributed by atoms with Crippen LogP contribution in [-0.2, 0) is 9.59 Å². The number of nitrogens with zero attached hydrogens (tertiary/aromatic N) is 1. The minimum absolute atomic E-state index is 0.00787. The lowest BCUT2D eigenvalue weighted by Crippen LogP contribution is -2.57. The number of thioether (sulfide) groups is 1. The minimum atomic E-state index is -1.03. The number of thiocarbonyl (C=S) groups is 1. The standard InChI is InChI=1S/C21H21NO4S2/c23-18(24)4-3-15-1-2-16(26-15)10-17-20(25)22(21(27)28-17)19-13-6-11-5-12(8-13)9-14(19)7-11/h1-4,10-14,19H,5-9H2,(H,23,24). The van der Waals surface area contributed by atoms with E-state index < -0.39 is 5.97 Å². The van der Waals surface area contributed by atoms with Gasteiger partial charge in [-0.1, -0.05) is 24.0 Å². The van der Waals surface area contributed by atoms with Gasteiger partial charge in [0.15, 0.2) is 0 Å². The van der Waals surface area contributed by atoms with Crippen LogP contribution in [0.1, 0.15) is 43.6 Å². The number of carboxylic acids is 1. The van der Waals surface area contributed by atoms with Gasteiger partial charge in [0, 0.05) is 18.2 Å². The third kappa shape index (κ3) is 3.14. The highest BCUT2D eigenvalue weighted by Crippen LogP contribution is 2.56. The second kappa shape index (κ2) is 6.88. The van der Waals surface area contributed by atoms with Gasteiger partial charge in [0.25, 0.3) is 5.91 Å². The maximum Gasteiger partial charge on any atom is 0.328 e. The van der Waals surface area contributed by atoms with Crippen LogP contribution in [-0.4, -0.2) is 32.2 Å². The molecule has 28 heavy (non-hydrogen) atoms. The van der Waals surface area contributed by atoms with Crippen LogP contribution < -0.4 is 0 Å². The van der Waals surface area contributed by atoms with Crippen molar-refractivity contribution in [2.45, 2.75) is 38.1 Å². The Labute approximate surface area is 172 Å². The lowest BCUT2D eigenvalue weighted by Gasteiger charge is -2.56. The van der Waals surface area contributed by atoms with Crippen molar-refractivity contribution in [3.05, 3.63) is 34.6 Å². The molecule has 4 aliphatic carbocycles. The lowest BCUT2D eigenvalue weighted by molar-refractivity contribution is -0.131. The average Bonchev–Trinajstić information content (AvgIpc) is 3.18. The summed E-state index contributed by atoms with van der Waals surface area (Å²) in [7, 11) is 0. The fourth-order valence-electron chi connectivity index (χ4n) is 5.87. The molecule has 1 aromatic heterocycles. The molecule has 5 fully saturated rings. The zero-order valence-corrected chi connectivity index (χ0v) is 16.9. The zero-order valence-electron chi connectivity index (χ0n) is 15.2. The summed E-state index contributed by atoms with van der Waals surface area (Å²) in [6, 6.07) is 3.68. The van der Waals surface area contributed by atoms with Crippen molar-refractivity contribution in [1.29, 1.82) is 0 Å². The Kier molecular flexibility index (Phi) is 4.47. The van der Waals surface area contributed by atoms with Gasteiger partial charge in [0.1, 0.15) is 15.8 Å². The number of amides is 1. The number of carboxylic acid groups (broad SMARTS) is 1. The number of hydrogen-bond acceptors (Lipinski definition) is 5. The number of aliphatic carboxylic acids is 1. The highest BCUT2D eigenvalue weighted by atomic mass is 32.2. The summed E-state index contributed by atoms with van der Waals surface area (Å²) >= 11 is 6.95. The van der Waals surface area contributed by atoms with Crippen LogP contribution in [0.25, 0.3) is 12.2 Å². The summed E-state index contributed by atoms with van der Waals surface area (Å²) in [4.78, 5) is 26.3. The van der Waals surface area contributed by atoms with E-state index in [9.17, 15) is 9.59 Å². The first-order chi connectivity index (χ1) is 13.5. The molecule has 1 aromatic rings. The normalized spacial score (nSPS) is 35.6. The first-order valence-electron chi connectivity index (χ1n) is 9.76. The van der Waals surface area contributed by atoms with Crippen LogP contribution in [0, 0.1) is 23.7 Å². The molecule has 1 N–H and O–H groups in total. The van der Waals surface area contributed by atoms with Crippen LogP contribution >= 0.6 is 24.0 Å². The molecule has 1 aliphatic heterocycles. The smallest absolute Gasteiger partial charge is 0.328 e. The summed E-state index contributed by atoms with van der Waals surface area (Å²) in [5.74, 6) is 2.81. The van der Waals surface area contributed by atoms with Crippen LogP contribution in [0.2, 0.25) is 0 Å². The Morgan fingerprint density at radius 2 is 1.79 bits per heavy atom. The molecule has 0 unspecified atom stereocenters. The van der Waals surface area contributed by atoms with E-state index in [1.54, 1.807) is 18.2 Å². The predicted octanol–water partition coefficient (Wildman–Crippen LogP) is 4.40. The molecule has 1 amide bonds.